The van der Waals surface area contributed by atoms with Gasteiger partial charge in [-0.1, -0.05) is 60.7 Å². The number of carbonyl (C=O) groups is 2. The van der Waals surface area contributed by atoms with Gasteiger partial charge in [0.1, 0.15) is 10.6 Å². The highest BCUT2D eigenvalue weighted by atomic mass is 32.1. The first-order valence-electron chi connectivity index (χ1n) is 17.3. The fraction of sp³-hybridized carbons (Fsp3) is 0.325. The van der Waals surface area contributed by atoms with Crippen molar-refractivity contribution in [3.8, 4) is 5.69 Å². The number of carbonyl (C=O) groups excluding carboxylic acids is 2. The molecule has 9 nitrogen and oxygen atoms in total. The first kappa shape index (κ1) is 33.9. The molecular formula is C40H43N5O4S. The minimum atomic E-state index is -1.19. The molecule has 2 aliphatic rings. The fourth-order valence-corrected chi connectivity index (χ4v) is 8.84. The van der Waals surface area contributed by atoms with Crippen molar-refractivity contribution in [2.24, 2.45) is 5.73 Å². The molecule has 2 saturated heterocycles. The van der Waals surface area contributed by atoms with Gasteiger partial charge >= 0.3 is 0 Å². The Morgan fingerprint density at radius 3 is 2.38 bits per heavy atom. The maximum atomic E-state index is 15.1. The molecule has 0 bridgehead atoms. The summed E-state index contributed by atoms with van der Waals surface area (Å²) in [6.07, 6.45) is 7.04. The molecule has 2 amide bonds. The number of aliphatic hydroxyl groups excluding tert-OH is 1. The van der Waals surface area contributed by atoms with Crippen molar-refractivity contribution >= 4 is 23.2 Å². The number of likely N-dealkylation sites (tertiary alicyclic amines) is 1. The van der Waals surface area contributed by atoms with Crippen molar-refractivity contribution in [2.75, 3.05) is 19.7 Å². The van der Waals surface area contributed by atoms with Crippen molar-refractivity contribution < 1.29 is 19.4 Å². The number of thiazole rings is 1. The van der Waals surface area contributed by atoms with Crippen LogP contribution < -0.4 is 11.1 Å². The number of benzene rings is 3. The molecular weight excluding hydrogens is 647 g/mol. The smallest absolute Gasteiger partial charge is 0.254 e. The maximum Gasteiger partial charge on any atom is 0.254 e. The van der Waals surface area contributed by atoms with Crippen LogP contribution in [0, 0.1) is 6.92 Å². The Morgan fingerprint density at radius 2 is 1.74 bits per heavy atom. The second-order valence-electron chi connectivity index (χ2n) is 13.2. The van der Waals surface area contributed by atoms with Crippen LogP contribution in [0.5, 0.6) is 0 Å². The Bertz CT molecular complexity index is 1920. The molecule has 50 heavy (non-hydrogen) atoms. The number of hydrogen-bond donors (Lipinski definition) is 3. The van der Waals surface area contributed by atoms with E-state index < -0.39 is 24.0 Å². The summed E-state index contributed by atoms with van der Waals surface area (Å²) < 4.78 is 9.03. The highest BCUT2D eigenvalue weighted by Crippen LogP contribution is 2.49. The summed E-state index contributed by atoms with van der Waals surface area (Å²) in [5, 5.41) is 18.3. The van der Waals surface area contributed by atoms with Gasteiger partial charge in [-0.05, 0) is 80.1 Å². The molecule has 0 radical (unpaired) electrons. The summed E-state index contributed by atoms with van der Waals surface area (Å²) in [4.78, 5) is 35.4. The predicted molar refractivity (Wildman–Crippen MR) is 194 cm³/mol. The lowest BCUT2D eigenvalue weighted by Crippen LogP contribution is -2.53. The largest absolute Gasteiger partial charge is 0.396 e. The Labute approximate surface area is 296 Å². The number of ether oxygens (including phenoxy) is 1. The zero-order valence-corrected chi connectivity index (χ0v) is 29.0. The van der Waals surface area contributed by atoms with Crippen LogP contribution in [-0.4, -0.2) is 57.1 Å². The average Bonchev–Trinajstić information content (AvgIpc) is 3.99. The number of amides is 2. The fourth-order valence-electron chi connectivity index (χ4n) is 7.89. The molecule has 4 heterocycles. The van der Waals surface area contributed by atoms with E-state index in [4.69, 9.17) is 15.5 Å². The summed E-state index contributed by atoms with van der Waals surface area (Å²) >= 11 is 1.56. The molecule has 258 valence electrons. The lowest BCUT2D eigenvalue weighted by Gasteiger charge is -2.46. The van der Waals surface area contributed by atoms with Crippen molar-refractivity contribution in [1.82, 2.24) is 19.8 Å². The first-order chi connectivity index (χ1) is 24.4. The van der Waals surface area contributed by atoms with Crippen LogP contribution in [0.2, 0.25) is 0 Å². The molecule has 7 rings (SSSR count). The van der Waals surface area contributed by atoms with Crippen LogP contribution in [0.25, 0.3) is 5.69 Å². The summed E-state index contributed by atoms with van der Waals surface area (Å²) in [6, 6.07) is 26.7. The predicted octanol–water partition coefficient (Wildman–Crippen LogP) is 6.26. The number of primary amides is 1. The van der Waals surface area contributed by atoms with Crippen molar-refractivity contribution in [2.45, 2.75) is 62.8 Å². The maximum absolute atomic E-state index is 15.1. The van der Waals surface area contributed by atoms with Crippen LogP contribution in [0.15, 0.2) is 103 Å². The third-order valence-corrected chi connectivity index (χ3v) is 11.2. The SMILES string of the molecule is Cc1csc([C@H]2CCCN2C(=O)c2cc(-n3cccc3)cc(C(N)=O)c2C(CO)C(OCc2ccccc2)(c2ccccc2)C2CCCN2)n1. The van der Waals surface area contributed by atoms with Crippen molar-refractivity contribution in [1.29, 1.82) is 0 Å². The number of nitrogens with one attached hydrogen (secondary N) is 1. The number of nitrogens with two attached hydrogens (primary N) is 1. The van der Waals surface area contributed by atoms with E-state index in [1.54, 1.807) is 17.4 Å². The van der Waals surface area contributed by atoms with E-state index in [1.807, 2.05) is 113 Å². The molecule has 5 aromatic rings. The van der Waals surface area contributed by atoms with Crippen LogP contribution in [-0.2, 0) is 16.9 Å². The molecule has 3 unspecified atom stereocenters. The Balaban J connectivity index is 1.46. The van der Waals surface area contributed by atoms with Crippen molar-refractivity contribution in [3.05, 3.63) is 141 Å². The van der Waals surface area contributed by atoms with E-state index in [2.05, 4.69) is 5.32 Å². The van der Waals surface area contributed by atoms with Gasteiger partial charge in [-0.2, -0.15) is 0 Å². The van der Waals surface area contributed by atoms with Crippen LogP contribution in [0.3, 0.4) is 0 Å². The number of rotatable bonds is 12. The molecule has 0 aliphatic carbocycles. The van der Waals surface area contributed by atoms with E-state index in [1.165, 1.54) is 0 Å². The second kappa shape index (κ2) is 14.7. The van der Waals surface area contributed by atoms with Gasteiger partial charge in [0.15, 0.2) is 0 Å². The van der Waals surface area contributed by atoms with Gasteiger partial charge in [-0.3, -0.25) is 9.59 Å². The quantitative estimate of drug-likeness (QED) is 0.142. The van der Waals surface area contributed by atoms with Crippen LogP contribution in [0.4, 0.5) is 0 Å². The molecule has 2 aromatic heterocycles. The van der Waals surface area contributed by atoms with E-state index in [0.29, 0.717) is 23.4 Å². The van der Waals surface area contributed by atoms with Gasteiger partial charge in [0.05, 0.1) is 19.3 Å². The van der Waals surface area contributed by atoms with E-state index in [0.717, 1.165) is 54.1 Å². The highest BCUT2D eigenvalue weighted by molar-refractivity contribution is 7.09. The molecule has 0 spiro atoms. The van der Waals surface area contributed by atoms with Gasteiger partial charge in [0, 0.05) is 58.8 Å². The topological polar surface area (TPSA) is 123 Å². The Morgan fingerprint density at radius 1 is 1.02 bits per heavy atom. The number of aliphatic hydroxyl groups is 1. The average molecular weight is 690 g/mol. The Kier molecular flexibility index (Phi) is 9.96. The standard InChI is InChI=1S/C40H43N5O4S/c1-27-26-50-38(43-27)34-16-11-21-45(34)39(48)32-23-30(44-19-8-9-20-44)22-31(37(41)47)36(32)33(24-46)40(35-17-10-18-42-35,29-14-6-3-7-15-29)49-25-28-12-4-2-5-13-28/h2-9,12-15,19-20,22-23,26,33-35,42,46H,10-11,16-18,21,24-25H2,1H3,(H2,41,47)/t33?,34-,35?,40?/m1/s1. The Hall–Kier alpha value is -4.61. The third kappa shape index (κ3) is 6.40. The van der Waals surface area contributed by atoms with Gasteiger partial charge < -0.3 is 30.4 Å². The van der Waals surface area contributed by atoms with Gasteiger partial charge in [-0.25, -0.2) is 4.98 Å². The molecule has 4 N–H and O–H groups in total. The number of aromatic nitrogens is 2. The van der Waals surface area contributed by atoms with Crippen LogP contribution in [0.1, 0.15) is 85.8 Å². The van der Waals surface area contributed by atoms with Gasteiger partial charge in [-0.15, -0.1) is 11.3 Å². The summed E-state index contributed by atoms with van der Waals surface area (Å²) in [6.45, 7) is 3.12. The molecule has 2 aliphatic heterocycles. The molecule has 2 fully saturated rings. The summed E-state index contributed by atoms with van der Waals surface area (Å²) in [7, 11) is 0. The first-order valence-corrected chi connectivity index (χ1v) is 18.2. The number of nitrogens with zero attached hydrogens (tertiary/aromatic N) is 3. The van der Waals surface area contributed by atoms with E-state index in [9.17, 15) is 9.90 Å². The highest BCUT2D eigenvalue weighted by Gasteiger charge is 2.52. The minimum Gasteiger partial charge on any atom is -0.396 e. The van der Waals surface area contributed by atoms with Crippen molar-refractivity contribution in [3.63, 3.8) is 0 Å². The molecule has 4 atom stereocenters. The number of aryl methyl sites for hydroxylation is 1. The summed E-state index contributed by atoms with van der Waals surface area (Å²) in [5.74, 6) is -1.76. The van der Waals surface area contributed by atoms with Gasteiger partial charge in [0.2, 0.25) is 5.91 Å². The van der Waals surface area contributed by atoms with Gasteiger partial charge in [0.25, 0.3) is 5.91 Å². The minimum absolute atomic E-state index is 0.182. The molecule has 3 aromatic carbocycles. The lowest BCUT2D eigenvalue weighted by molar-refractivity contribution is -0.113. The molecule has 0 saturated carbocycles. The lowest BCUT2D eigenvalue weighted by atomic mass is 9.69. The van der Waals surface area contributed by atoms with Crippen LogP contribution >= 0.6 is 11.3 Å². The van der Waals surface area contributed by atoms with E-state index in [-0.39, 0.29) is 30.2 Å². The normalized spacial score (nSPS) is 19.4. The molecule has 10 heteroatoms. The second-order valence-corrected chi connectivity index (χ2v) is 14.1. The summed E-state index contributed by atoms with van der Waals surface area (Å²) in [5.41, 5.74) is 9.33. The third-order valence-electron chi connectivity index (χ3n) is 10.2. The zero-order chi connectivity index (χ0) is 34.7. The number of hydrogen-bond acceptors (Lipinski definition) is 7. The van der Waals surface area contributed by atoms with E-state index >= 15 is 4.79 Å². The monoisotopic (exact) mass is 689 g/mol. The zero-order valence-electron chi connectivity index (χ0n) is 28.2.